The van der Waals surface area contributed by atoms with Crippen LogP contribution in [0.2, 0.25) is 5.02 Å². The second-order valence-electron chi connectivity index (χ2n) is 7.72. The second-order valence-corrected chi connectivity index (χ2v) is 9.91. The molecule has 0 aliphatic rings. The van der Waals surface area contributed by atoms with Gasteiger partial charge in [-0.15, -0.1) is 11.3 Å². The van der Waals surface area contributed by atoms with Crippen LogP contribution in [0.4, 0.5) is 5.13 Å². The molecule has 5 aromatic rings. The van der Waals surface area contributed by atoms with Gasteiger partial charge < -0.3 is 4.74 Å². The summed E-state index contributed by atoms with van der Waals surface area (Å²) in [4.78, 5) is 34.6. The molecular formula is C27H17BrClN3O3S. The van der Waals surface area contributed by atoms with Gasteiger partial charge in [0.1, 0.15) is 0 Å². The Morgan fingerprint density at radius 1 is 0.944 bits per heavy atom. The van der Waals surface area contributed by atoms with Gasteiger partial charge in [-0.2, -0.15) is 0 Å². The molecule has 0 fully saturated rings. The van der Waals surface area contributed by atoms with E-state index in [9.17, 15) is 9.59 Å². The van der Waals surface area contributed by atoms with Gasteiger partial charge in [-0.1, -0.05) is 76.1 Å². The van der Waals surface area contributed by atoms with Gasteiger partial charge >= 0.3 is 5.97 Å². The number of benzene rings is 3. The zero-order chi connectivity index (χ0) is 25.1. The van der Waals surface area contributed by atoms with Crippen LogP contribution >= 0.6 is 38.9 Å². The van der Waals surface area contributed by atoms with Crippen molar-refractivity contribution in [3.8, 4) is 22.5 Å². The van der Waals surface area contributed by atoms with Gasteiger partial charge in [-0.05, 0) is 30.3 Å². The minimum Gasteiger partial charge on any atom is -0.452 e. The van der Waals surface area contributed by atoms with Crippen molar-refractivity contribution in [2.45, 2.75) is 0 Å². The number of hydrogen-bond acceptors (Lipinski definition) is 6. The summed E-state index contributed by atoms with van der Waals surface area (Å²) in [6, 6.07) is 24.0. The number of aromatic nitrogens is 2. The minimum absolute atomic E-state index is 0.332. The number of carbonyl (C=O) groups is 2. The number of anilines is 1. The van der Waals surface area contributed by atoms with E-state index in [0.717, 1.165) is 15.6 Å². The van der Waals surface area contributed by atoms with E-state index in [1.54, 1.807) is 23.6 Å². The van der Waals surface area contributed by atoms with Crippen LogP contribution in [-0.4, -0.2) is 28.5 Å². The molecule has 36 heavy (non-hydrogen) atoms. The molecule has 0 radical (unpaired) electrons. The van der Waals surface area contributed by atoms with Gasteiger partial charge in [0.15, 0.2) is 11.7 Å². The fraction of sp³-hybridized carbons (Fsp3) is 0.0370. The lowest BCUT2D eigenvalue weighted by molar-refractivity contribution is -0.119. The highest BCUT2D eigenvalue weighted by atomic mass is 79.9. The second kappa shape index (κ2) is 10.6. The van der Waals surface area contributed by atoms with E-state index >= 15 is 0 Å². The van der Waals surface area contributed by atoms with Crippen molar-refractivity contribution in [1.29, 1.82) is 0 Å². The van der Waals surface area contributed by atoms with E-state index in [4.69, 9.17) is 16.3 Å². The first-order valence-corrected chi connectivity index (χ1v) is 12.9. The molecule has 0 bridgehead atoms. The van der Waals surface area contributed by atoms with E-state index in [-0.39, 0.29) is 0 Å². The zero-order valence-corrected chi connectivity index (χ0v) is 21.7. The first-order valence-electron chi connectivity index (χ1n) is 10.8. The van der Waals surface area contributed by atoms with Gasteiger partial charge in [0.05, 0.1) is 22.5 Å². The van der Waals surface area contributed by atoms with Crippen LogP contribution in [0, 0.1) is 0 Å². The zero-order valence-electron chi connectivity index (χ0n) is 18.6. The molecule has 0 aliphatic carbocycles. The molecule has 0 saturated heterocycles. The molecule has 6 nitrogen and oxygen atoms in total. The van der Waals surface area contributed by atoms with Gasteiger partial charge in [0.25, 0.3) is 5.91 Å². The summed E-state index contributed by atoms with van der Waals surface area (Å²) in [7, 11) is 0. The number of nitrogens with one attached hydrogen (secondary N) is 1. The highest BCUT2D eigenvalue weighted by molar-refractivity contribution is 9.10. The van der Waals surface area contributed by atoms with Crippen LogP contribution in [-0.2, 0) is 9.53 Å². The third-order valence-corrected chi connectivity index (χ3v) is 6.87. The van der Waals surface area contributed by atoms with Gasteiger partial charge in [-0.3, -0.25) is 10.1 Å². The van der Waals surface area contributed by atoms with Gasteiger partial charge in [0.2, 0.25) is 0 Å². The molecule has 178 valence electrons. The lowest BCUT2D eigenvalue weighted by Crippen LogP contribution is -2.21. The Balaban J connectivity index is 1.31. The Morgan fingerprint density at radius 3 is 2.58 bits per heavy atom. The number of esters is 1. The van der Waals surface area contributed by atoms with Crippen molar-refractivity contribution in [3.05, 3.63) is 99.3 Å². The highest BCUT2D eigenvalue weighted by Crippen LogP contribution is 2.30. The molecule has 9 heteroatoms. The Hall–Kier alpha value is -3.59. The maximum Gasteiger partial charge on any atom is 0.339 e. The van der Waals surface area contributed by atoms with Crippen molar-refractivity contribution in [3.63, 3.8) is 0 Å². The number of nitrogens with zero attached hydrogens (tertiary/aromatic N) is 2. The maximum absolute atomic E-state index is 13.0. The number of fused-ring (bicyclic) bond motifs is 1. The normalized spacial score (nSPS) is 10.8. The van der Waals surface area contributed by atoms with Crippen LogP contribution in [0.15, 0.2) is 88.7 Å². The summed E-state index contributed by atoms with van der Waals surface area (Å²) in [5.41, 5.74) is 3.88. The van der Waals surface area contributed by atoms with Crippen LogP contribution < -0.4 is 5.32 Å². The number of amides is 1. The molecular weight excluding hydrogens is 562 g/mol. The first kappa shape index (κ1) is 24.1. The van der Waals surface area contributed by atoms with Crippen molar-refractivity contribution in [1.82, 2.24) is 9.97 Å². The highest BCUT2D eigenvalue weighted by Gasteiger charge is 2.17. The summed E-state index contributed by atoms with van der Waals surface area (Å²) in [5.74, 6) is -1.11. The third kappa shape index (κ3) is 5.31. The molecule has 1 N–H and O–H groups in total. The number of halogens is 2. The Labute approximate surface area is 224 Å². The van der Waals surface area contributed by atoms with Crippen LogP contribution in [0.3, 0.4) is 0 Å². The van der Waals surface area contributed by atoms with Crippen LogP contribution in [0.5, 0.6) is 0 Å². The lowest BCUT2D eigenvalue weighted by Gasteiger charge is -2.10. The smallest absolute Gasteiger partial charge is 0.339 e. The number of thiazole rings is 1. The summed E-state index contributed by atoms with van der Waals surface area (Å²) in [6.45, 7) is -0.456. The molecule has 0 saturated carbocycles. The Bertz CT molecular complexity index is 1600. The third-order valence-electron chi connectivity index (χ3n) is 5.29. The SMILES string of the molecule is O=C(COC(=O)c1cc(-c2cccc(Br)c2)nc2ccccc12)Nc1nc(-c2ccccc2Cl)cs1. The van der Waals surface area contributed by atoms with Gasteiger partial charge in [0, 0.05) is 31.4 Å². The topological polar surface area (TPSA) is 81.2 Å². The van der Waals surface area contributed by atoms with E-state index < -0.39 is 18.5 Å². The predicted molar refractivity (Wildman–Crippen MR) is 146 cm³/mol. The number of rotatable bonds is 6. The van der Waals surface area contributed by atoms with Crippen LogP contribution in [0.1, 0.15) is 10.4 Å². The van der Waals surface area contributed by atoms with Crippen molar-refractivity contribution in [2.75, 3.05) is 11.9 Å². The summed E-state index contributed by atoms with van der Waals surface area (Å²) in [6.07, 6.45) is 0. The van der Waals surface area contributed by atoms with Crippen molar-refractivity contribution in [2.24, 2.45) is 0 Å². The lowest BCUT2D eigenvalue weighted by atomic mass is 10.0. The molecule has 0 aliphatic heterocycles. The van der Waals surface area contributed by atoms with E-state index in [1.807, 2.05) is 60.7 Å². The number of carbonyl (C=O) groups excluding carboxylic acids is 2. The first-order chi connectivity index (χ1) is 17.5. The van der Waals surface area contributed by atoms with Crippen LogP contribution in [0.25, 0.3) is 33.4 Å². The van der Waals surface area contributed by atoms with E-state index in [2.05, 4.69) is 31.2 Å². The van der Waals surface area contributed by atoms with E-state index in [1.165, 1.54) is 11.3 Å². The number of hydrogen-bond donors (Lipinski definition) is 1. The molecule has 3 aromatic carbocycles. The molecule has 2 heterocycles. The average molecular weight is 579 g/mol. The number of ether oxygens (including phenoxy) is 1. The average Bonchev–Trinajstić information content (AvgIpc) is 3.35. The monoisotopic (exact) mass is 577 g/mol. The standard InChI is InChI=1S/C27H17BrClN3O3S/c28-17-7-5-6-16(12-17)23-13-20(18-8-2-4-11-22(18)30-23)26(34)35-14-25(33)32-27-31-24(15-36-27)19-9-1-3-10-21(19)29/h1-13,15H,14H2,(H,31,32,33). The summed E-state index contributed by atoms with van der Waals surface area (Å²) in [5, 5.41) is 6.07. The molecule has 0 spiro atoms. The van der Waals surface area contributed by atoms with Crippen molar-refractivity contribution >= 4 is 66.8 Å². The minimum atomic E-state index is -0.615. The molecule has 0 atom stereocenters. The Morgan fingerprint density at radius 2 is 1.75 bits per heavy atom. The quantitative estimate of drug-likeness (QED) is 0.215. The fourth-order valence-electron chi connectivity index (χ4n) is 3.63. The molecule has 1 amide bonds. The fourth-order valence-corrected chi connectivity index (χ4v) is 4.99. The Kier molecular flexibility index (Phi) is 7.09. The largest absolute Gasteiger partial charge is 0.452 e. The summed E-state index contributed by atoms with van der Waals surface area (Å²) >= 11 is 11.0. The molecule has 5 rings (SSSR count). The van der Waals surface area contributed by atoms with E-state index in [0.29, 0.717) is 38.0 Å². The van der Waals surface area contributed by atoms with Gasteiger partial charge in [-0.25, -0.2) is 14.8 Å². The van der Waals surface area contributed by atoms with Crippen molar-refractivity contribution < 1.29 is 14.3 Å². The maximum atomic E-state index is 13.0. The molecule has 2 aromatic heterocycles. The summed E-state index contributed by atoms with van der Waals surface area (Å²) < 4.78 is 6.26. The predicted octanol–water partition coefficient (Wildman–Crippen LogP) is 7.24. The molecule has 0 unspecified atom stereocenters. The number of para-hydroxylation sites is 1. The number of pyridine rings is 1.